The minimum absolute atomic E-state index is 0.0496. The summed E-state index contributed by atoms with van der Waals surface area (Å²) in [7, 11) is 0. The monoisotopic (exact) mass is 236 g/mol. The molecule has 0 aromatic carbocycles. The highest BCUT2D eigenvalue weighted by Crippen LogP contribution is 2.28. The van der Waals surface area contributed by atoms with Gasteiger partial charge in [0, 0.05) is 25.4 Å². The average Bonchev–Trinajstić information content (AvgIpc) is 2.32. The van der Waals surface area contributed by atoms with E-state index in [0.717, 1.165) is 24.3 Å². The van der Waals surface area contributed by atoms with Crippen molar-refractivity contribution in [3.63, 3.8) is 0 Å². The van der Waals surface area contributed by atoms with Gasteiger partial charge in [0.2, 0.25) is 0 Å². The van der Waals surface area contributed by atoms with Crippen molar-refractivity contribution in [3.8, 4) is 0 Å². The van der Waals surface area contributed by atoms with Crippen molar-refractivity contribution in [3.05, 3.63) is 23.9 Å². The normalized spacial score (nSPS) is 15.6. The Kier molecular flexibility index (Phi) is 4.34. The van der Waals surface area contributed by atoms with E-state index < -0.39 is 0 Å². The van der Waals surface area contributed by atoms with Crippen LogP contribution in [-0.2, 0) is 6.61 Å². The van der Waals surface area contributed by atoms with Crippen molar-refractivity contribution < 1.29 is 10.2 Å². The van der Waals surface area contributed by atoms with Crippen LogP contribution in [0.2, 0.25) is 0 Å². The number of aliphatic hydroxyl groups is 2. The number of pyridine rings is 1. The lowest BCUT2D eigenvalue weighted by Gasteiger charge is -2.38. The van der Waals surface area contributed by atoms with Crippen LogP contribution in [0.3, 0.4) is 0 Å². The Morgan fingerprint density at radius 2 is 2.18 bits per heavy atom. The predicted octanol–water partition coefficient (Wildman–Crippen LogP) is 1.32. The standard InChI is InChI=1S/C13H20N2O2/c16-8-2-7-15(12-3-1-4-12)13-9-11(10-17)5-6-14-13/h5-6,9,12,16-17H,1-4,7-8,10H2. The van der Waals surface area contributed by atoms with Gasteiger partial charge in [0.05, 0.1) is 6.61 Å². The van der Waals surface area contributed by atoms with Crippen molar-refractivity contribution in [1.82, 2.24) is 4.98 Å². The van der Waals surface area contributed by atoms with Crippen LogP contribution in [0.15, 0.2) is 18.3 Å². The second-order valence-corrected chi connectivity index (χ2v) is 4.54. The lowest BCUT2D eigenvalue weighted by Crippen LogP contribution is -2.41. The Hall–Kier alpha value is -1.13. The molecule has 4 heteroatoms. The van der Waals surface area contributed by atoms with Gasteiger partial charge in [-0.25, -0.2) is 4.98 Å². The Labute approximate surface area is 102 Å². The molecule has 0 aliphatic heterocycles. The van der Waals surface area contributed by atoms with Crippen LogP contribution in [-0.4, -0.2) is 34.4 Å². The Morgan fingerprint density at radius 3 is 2.76 bits per heavy atom. The largest absolute Gasteiger partial charge is 0.396 e. The maximum Gasteiger partial charge on any atom is 0.129 e. The van der Waals surface area contributed by atoms with Gasteiger partial charge in [-0.05, 0) is 43.4 Å². The third kappa shape index (κ3) is 2.96. The highest BCUT2D eigenvalue weighted by Gasteiger charge is 2.25. The van der Waals surface area contributed by atoms with Crippen LogP contribution < -0.4 is 4.90 Å². The number of anilines is 1. The molecule has 94 valence electrons. The molecule has 1 aliphatic rings. The summed E-state index contributed by atoms with van der Waals surface area (Å²) in [6, 6.07) is 4.33. The van der Waals surface area contributed by atoms with E-state index in [9.17, 15) is 0 Å². The SMILES string of the molecule is OCCCN(c1cc(CO)ccn1)C1CCC1. The van der Waals surface area contributed by atoms with Crippen molar-refractivity contribution in [2.75, 3.05) is 18.1 Å². The fourth-order valence-electron chi connectivity index (χ4n) is 2.14. The summed E-state index contributed by atoms with van der Waals surface area (Å²) in [6.45, 7) is 1.10. The van der Waals surface area contributed by atoms with Gasteiger partial charge in [0.1, 0.15) is 5.82 Å². The van der Waals surface area contributed by atoms with E-state index in [4.69, 9.17) is 10.2 Å². The molecule has 0 spiro atoms. The van der Waals surface area contributed by atoms with Gasteiger partial charge in [-0.15, -0.1) is 0 Å². The first-order chi connectivity index (χ1) is 8.35. The summed E-state index contributed by atoms with van der Waals surface area (Å²) < 4.78 is 0. The summed E-state index contributed by atoms with van der Waals surface area (Å²) in [5.74, 6) is 0.926. The third-order valence-corrected chi connectivity index (χ3v) is 3.36. The van der Waals surface area contributed by atoms with E-state index in [1.54, 1.807) is 6.20 Å². The van der Waals surface area contributed by atoms with Crippen molar-refractivity contribution in [2.24, 2.45) is 0 Å². The smallest absolute Gasteiger partial charge is 0.129 e. The molecule has 0 saturated heterocycles. The van der Waals surface area contributed by atoms with Crippen LogP contribution in [0.25, 0.3) is 0 Å². The molecule has 0 atom stereocenters. The molecule has 1 aliphatic carbocycles. The maximum absolute atomic E-state index is 9.14. The fourth-order valence-corrected chi connectivity index (χ4v) is 2.14. The van der Waals surface area contributed by atoms with Crippen LogP contribution in [0.1, 0.15) is 31.2 Å². The minimum Gasteiger partial charge on any atom is -0.396 e. The maximum atomic E-state index is 9.14. The zero-order valence-corrected chi connectivity index (χ0v) is 10.0. The van der Waals surface area contributed by atoms with E-state index in [1.807, 2.05) is 12.1 Å². The zero-order valence-electron chi connectivity index (χ0n) is 10.0. The topological polar surface area (TPSA) is 56.6 Å². The fraction of sp³-hybridized carbons (Fsp3) is 0.615. The average molecular weight is 236 g/mol. The van der Waals surface area contributed by atoms with E-state index in [2.05, 4.69) is 9.88 Å². The highest BCUT2D eigenvalue weighted by molar-refractivity contribution is 5.42. The number of hydrogen-bond acceptors (Lipinski definition) is 4. The molecule has 1 aromatic heterocycles. The summed E-state index contributed by atoms with van der Waals surface area (Å²) >= 11 is 0. The molecule has 1 heterocycles. The summed E-state index contributed by atoms with van der Waals surface area (Å²) in [4.78, 5) is 6.64. The van der Waals surface area contributed by atoms with Crippen LogP contribution in [0, 0.1) is 0 Å². The molecule has 1 aromatic rings. The Balaban J connectivity index is 2.11. The van der Waals surface area contributed by atoms with Gasteiger partial charge in [-0.2, -0.15) is 0 Å². The van der Waals surface area contributed by atoms with Crippen molar-refractivity contribution >= 4 is 5.82 Å². The predicted molar refractivity (Wildman–Crippen MR) is 66.8 cm³/mol. The second kappa shape index (κ2) is 5.98. The number of nitrogens with zero attached hydrogens (tertiary/aromatic N) is 2. The number of hydrogen-bond donors (Lipinski definition) is 2. The molecule has 0 unspecified atom stereocenters. The number of aliphatic hydroxyl groups excluding tert-OH is 2. The molecule has 0 bridgehead atoms. The van der Waals surface area contributed by atoms with Gasteiger partial charge < -0.3 is 15.1 Å². The Morgan fingerprint density at radius 1 is 1.35 bits per heavy atom. The lowest BCUT2D eigenvalue weighted by molar-refractivity contribution is 0.280. The van der Waals surface area contributed by atoms with E-state index in [0.29, 0.717) is 6.04 Å². The number of aromatic nitrogens is 1. The molecule has 17 heavy (non-hydrogen) atoms. The molecule has 4 nitrogen and oxygen atoms in total. The Bertz CT molecular complexity index is 353. The second-order valence-electron chi connectivity index (χ2n) is 4.54. The molecule has 0 amide bonds. The minimum atomic E-state index is 0.0496. The summed E-state index contributed by atoms with van der Waals surface area (Å²) in [5, 5.41) is 18.1. The first-order valence-corrected chi connectivity index (χ1v) is 6.28. The van der Waals surface area contributed by atoms with Gasteiger partial charge in [0.25, 0.3) is 0 Å². The van der Waals surface area contributed by atoms with Crippen LogP contribution in [0.5, 0.6) is 0 Å². The third-order valence-electron chi connectivity index (χ3n) is 3.36. The first-order valence-electron chi connectivity index (χ1n) is 6.28. The molecular formula is C13H20N2O2. The van der Waals surface area contributed by atoms with E-state index in [1.165, 1.54) is 19.3 Å². The quantitative estimate of drug-likeness (QED) is 0.782. The number of rotatable bonds is 6. The molecule has 0 radical (unpaired) electrons. The molecule has 1 fully saturated rings. The van der Waals surface area contributed by atoms with Gasteiger partial charge in [-0.3, -0.25) is 0 Å². The zero-order chi connectivity index (χ0) is 12.1. The molecule has 1 saturated carbocycles. The van der Waals surface area contributed by atoms with Crippen molar-refractivity contribution in [2.45, 2.75) is 38.3 Å². The van der Waals surface area contributed by atoms with Gasteiger partial charge in [-0.1, -0.05) is 0 Å². The van der Waals surface area contributed by atoms with Gasteiger partial charge >= 0.3 is 0 Å². The molecule has 2 rings (SSSR count). The highest BCUT2D eigenvalue weighted by atomic mass is 16.3. The van der Waals surface area contributed by atoms with E-state index >= 15 is 0 Å². The summed E-state index contributed by atoms with van der Waals surface area (Å²) in [5.41, 5.74) is 0.892. The van der Waals surface area contributed by atoms with Gasteiger partial charge in [0.15, 0.2) is 0 Å². The molecule has 2 N–H and O–H groups in total. The van der Waals surface area contributed by atoms with Crippen LogP contribution >= 0.6 is 0 Å². The lowest BCUT2D eigenvalue weighted by atomic mass is 9.91. The molecular weight excluding hydrogens is 216 g/mol. The summed E-state index contributed by atoms with van der Waals surface area (Å²) in [6.07, 6.45) is 6.19. The van der Waals surface area contributed by atoms with Crippen molar-refractivity contribution in [1.29, 1.82) is 0 Å². The first kappa shape index (κ1) is 12.3. The van der Waals surface area contributed by atoms with Crippen LogP contribution in [0.4, 0.5) is 5.82 Å². The van der Waals surface area contributed by atoms with E-state index in [-0.39, 0.29) is 13.2 Å².